The van der Waals surface area contributed by atoms with Crippen molar-refractivity contribution in [3.8, 4) is 0 Å². The molecule has 0 spiro atoms. The van der Waals surface area contributed by atoms with Crippen molar-refractivity contribution >= 4 is 34.5 Å². The third-order valence-corrected chi connectivity index (χ3v) is 8.69. The number of nitro groups is 1. The number of carbonyl (C=O) groups is 1. The second-order valence-electron chi connectivity index (χ2n) is 11.4. The number of fused-ring (bicyclic) bond motifs is 1. The van der Waals surface area contributed by atoms with Crippen molar-refractivity contribution in [3.05, 3.63) is 46.3 Å². The average molecular weight is 548 g/mol. The van der Waals surface area contributed by atoms with E-state index in [4.69, 9.17) is 20.7 Å². The molecule has 12 heteroatoms. The van der Waals surface area contributed by atoms with E-state index in [0.29, 0.717) is 36.7 Å². The van der Waals surface area contributed by atoms with Gasteiger partial charge in [-0.25, -0.2) is 4.98 Å². The highest BCUT2D eigenvalue weighted by atomic mass is 16.6. The van der Waals surface area contributed by atoms with E-state index in [1.807, 2.05) is 11.2 Å². The van der Waals surface area contributed by atoms with Gasteiger partial charge >= 0.3 is 0 Å². The summed E-state index contributed by atoms with van der Waals surface area (Å²) in [6.07, 6.45) is 12.2. The Morgan fingerprint density at radius 1 is 0.925 bits per heavy atom. The number of rotatable bonds is 7. The summed E-state index contributed by atoms with van der Waals surface area (Å²) in [5.74, 6) is 1.25. The van der Waals surface area contributed by atoms with Crippen molar-refractivity contribution in [2.75, 3.05) is 23.7 Å². The Labute approximate surface area is 232 Å². The molecule has 2 aliphatic carbocycles. The summed E-state index contributed by atoms with van der Waals surface area (Å²) < 4.78 is 2.22. The van der Waals surface area contributed by atoms with Crippen LogP contribution in [0, 0.1) is 10.1 Å². The number of anilines is 2. The minimum atomic E-state index is -0.460. The van der Waals surface area contributed by atoms with Crippen LogP contribution in [0.5, 0.6) is 0 Å². The number of benzene rings is 1. The molecule has 0 unspecified atom stereocenters. The zero-order chi connectivity index (χ0) is 27.6. The van der Waals surface area contributed by atoms with Crippen LogP contribution in [0.15, 0.2) is 30.6 Å². The molecule has 1 aliphatic heterocycles. The zero-order valence-electron chi connectivity index (χ0n) is 22.7. The molecule has 1 aromatic carbocycles. The van der Waals surface area contributed by atoms with Crippen molar-refractivity contribution < 1.29 is 9.72 Å². The number of carbonyl (C=O) groups excluding carboxylic acids is 1. The van der Waals surface area contributed by atoms with E-state index >= 15 is 0 Å². The van der Waals surface area contributed by atoms with E-state index in [-0.39, 0.29) is 23.7 Å². The largest absolute Gasteiger partial charge is 0.365 e. The van der Waals surface area contributed by atoms with Crippen LogP contribution in [0.2, 0.25) is 0 Å². The van der Waals surface area contributed by atoms with Crippen molar-refractivity contribution in [1.82, 2.24) is 24.4 Å². The van der Waals surface area contributed by atoms with Gasteiger partial charge in [-0.05, 0) is 63.5 Å². The number of nitro benzene ring substituents is 1. The Bertz CT molecular complexity index is 1350. The highest BCUT2D eigenvalue weighted by molar-refractivity contribution is 5.94. The van der Waals surface area contributed by atoms with Crippen LogP contribution in [0.4, 0.5) is 17.5 Å². The van der Waals surface area contributed by atoms with Gasteiger partial charge in [-0.1, -0.05) is 12.8 Å². The van der Waals surface area contributed by atoms with Crippen LogP contribution in [0.25, 0.3) is 11.2 Å². The van der Waals surface area contributed by atoms with E-state index in [1.165, 1.54) is 37.1 Å². The number of non-ortho nitro benzene ring substituents is 1. The van der Waals surface area contributed by atoms with E-state index in [1.54, 1.807) is 0 Å². The van der Waals surface area contributed by atoms with E-state index < -0.39 is 4.92 Å². The lowest BCUT2D eigenvalue weighted by molar-refractivity contribution is -0.384. The maximum atomic E-state index is 13.0. The van der Waals surface area contributed by atoms with Crippen LogP contribution in [0.1, 0.15) is 80.6 Å². The fourth-order valence-electron chi connectivity index (χ4n) is 6.31. The van der Waals surface area contributed by atoms with E-state index in [0.717, 1.165) is 68.3 Å². The first-order valence-corrected chi connectivity index (χ1v) is 14.5. The van der Waals surface area contributed by atoms with Crippen molar-refractivity contribution in [2.24, 2.45) is 5.73 Å². The standard InChI is InChI=1S/C28H37N9O3/c29-19-7-9-20(10-8-19)32-28-33-25(24-26(34-28)36(17-30-24)22-3-1-2-4-22)31-21-13-15-35(16-14-21)27(38)18-5-11-23(12-6-18)37(39)40/h5-6,11-12,17,19-22H,1-4,7-10,13-16,29H2,(H2,31,32,33,34). The third kappa shape index (κ3) is 5.58. The molecule has 0 bridgehead atoms. The molecule has 2 saturated carbocycles. The molecule has 12 nitrogen and oxygen atoms in total. The summed E-state index contributed by atoms with van der Waals surface area (Å²) in [6, 6.07) is 6.94. The summed E-state index contributed by atoms with van der Waals surface area (Å²) in [5, 5.41) is 18.1. The quantitative estimate of drug-likeness (QED) is 0.290. The molecule has 3 aromatic rings. The van der Waals surface area contributed by atoms with Gasteiger partial charge in [0.1, 0.15) is 0 Å². The number of likely N-dealkylation sites (tertiary alicyclic amines) is 1. The van der Waals surface area contributed by atoms with Gasteiger partial charge in [0, 0.05) is 55.0 Å². The van der Waals surface area contributed by atoms with Gasteiger partial charge in [-0.2, -0.15) is 9.97 Å². The average Bonchev–Trinajstić information content (AvgIpc) is 3.65. The van der Waals surface area contributed by atoms with E-state index in [9.17, 15) is 14.9 Å². The molecule has 212 valence electrons. The highest BCUT2D eigenvalue weighted by Gasteiger charge is 2.27. The molecule has 40 heavy (non-hydrogen) atoms. The fourth-order valence-corrected chi connectivity index (χ4v) is 6.31. The molecule has 6 rings (SSSR count). The number of nitrogens with two attached hydrogens (primary N) is 1. The third-order valence-electron chi connectivity index (χ3n) is 8.69. The normalized spacial score (nSPS) is 22.5. The number of piperidine rings is 1. The molecule has 0 atom stereocenters. The van der Waals surface area contributed by atoms with Crippen molar-refractivity contribution in [3.63, 3.8) is 0 Å². The van der Waals surface area contributed by atoms with Gasteiger partial charge in [0.15, 0.2) is 17.0 Å². The number of imidazole rings is 1. The Balaban J connectivity index is 1.17. The van der Waals surface area contributed by atoms with E-state index in [2.05, 4.69) is 15.2 Å². The Morgan fingerprint density at radius 3 is 2.27 bits per heavy atom. The Morgan fingerprint density at radius 2 is 1.60 bits per heavy atom. The molecule has 1 saturated heterocycles. The summed E-state index contributed by atoms with van der Waals surface area (Å²) >= 11 is 0. The molecule has 3 aliphatic rings. The van der Waals surface area contributed by atoms with Gasteiger partial charge in [-0.15, -0.1) is 0 Å². The summed E-state index contributed by atoms with van der Waals surface area (Å²) in [4.78, 5) is 39.9. The highest BCUT2D eigenvalue weighted by Crippen LogP contribution is 2.34. The minimum absolute atomic E-state index is 0.0214. The molecule has 4 N–H and O–H groups in total. The molecular formula is C28H37N9O3. The molecule has 0 radical (unpaired) electrons. The van der Waals surface area contributed by atoms with Gasteiger partial charge in [0.05, 0.1) is 11.3 Å². The maximum Gasteiger partial charge on any atom is 0.269 e. The Hall–Kier alpha value is -3.80. The van der Waals surface area contributed by atoms with Crippen molar-refractivity contribution in [2.45, 2.75) is 88.4 Å². The molecular weight excluding hydrogens is 510 g/mol. The van der Waals surface area contributed by atoms with Gasteiger partial charge in [0.25, 0.3) is 11.6 Å². The Kier molecular flexibility index (Phi) is 7.50. The summed E-state index contributed by atoms with van der Waals surface area (Å²) in [5.41, 5.74) is 8.21. The van der Waals surface area contributed by atoms with Gasteiger partial charge < -0.3 is 25.8 Å². The van der Waals surface area contributed by atoms with Crippen LogP contribution in [-0.4, -0.2) is 66.5 Å². The lowest BCUT2D eigenvalue weighted by Gasteiger charge is -2.33. The number of hydrogen-bond acceptors (Lipinski definition) is 9. The van der Waals surface area contributed by atoms with Crippen molar-refractivity contribution in [1.29, 1.82) is 0 Å². The lowest BCUT2D eigenvalue weighted by atomic mass is 9.92. The number of aromatic nitrogens is 4. The first kappa shape index (κ1) is 26.4. The molecule has 2 aromatic heterocycles. The maximum absolute atomic E-state index is 13.0. The van der Waals surface area contributed by atoms with Gasteiger partial charge in [0.2, 0.25) is 5.95 Å². The number of nitrogens with one attached hydrogen (secondary N) is 2. The second kappa shape index (κ2) is 11.4. The molecule has 3 heterocycles. The number of hydrogen-bond donors (Lipinski definition) is 3. The van der Waals surface area contributed by atoms with Crippen LogP contribution >= 0.6 is 0 Å². The summed E-state index contributed by atoms with van der Waals surface area (Å²) in [7, 11) is 0. The zero-order valence-corrected chi connectivity index (χ0v) is 22.7. The molecule has 1 amide bonds. The SMILES string of the molecule is NC1CCC(Nc2nc(NC3CCN(C(=O)c4ccc([N+](=O)[O-])cc4)CC3)c3ncn(C4CCCC4)c3n2)CC1. The second-order valence-corrected chi connectivity index (χ2v) is 11.4. The van der Waals surface area contributed by atoms with Crippen LogP contribution < -0.4 is 16.4 Å². The number of amides is 1. The lowest BCUT2D eigenvalue weighted by Crippen LogP contribution is -2.42. The van der Waals surface area contributed by atoms with Crippen LogP contribution in [0.3, 0.4) is 0 Å². The van der Waals surface area contributed by atoms with Gasteiger partial charge in [-0.3, -0.25) is 14.9 Å². The smallest absolute Gasteiger partial charge is 0.269 e. The van der Waals surface area contributed by atoms with Crippen LogP contribution in [-0.2, 0) is 0 Å². The molecule has 3 fully saturated rings. The minimum Gasteiger partial charge on any atom is -0.365 e. The monoisotopic (exact) mass is 547 g/mol. The predicted octanol–water partition coefficient (Wildman–Crippen LogP) is 4.25. The fraction of sp³-hybridized carbons (Fsp3) is 0.571. The number of nitrogens with zero attached hydrogens (tertiary/aromatic N) is 6. The summed E-state index contributed by atoms with van der Waals surface area (Å²) in [6.45, 7) is 1.18. The first-order valence-electron chi connectivity index (χ1n) is 14.5. The predicted molar refractivity (Wildman–Crippen MR) is 152 cm³/mol. The topological polar surface area (TPSA) is 157 Å². The first-order chi connectivity index (χ1) is 19.4.